The van der Waals surface area contributed by atoms with Gasteiger partial charge in [0.2, 0.25) is 0 Å². The molecule has 0 N–H and O–H groups in total. The zero-order valence-electron chi connectivity index (χ0n) is 39.7. The van der Waals surface area contributed by atoms with Gasteiger partial charge >= 0.3 is 0 Å². The van der Waals surface area contributed by atoms with Gasteiger partial charge in [-0.15, -0.1) is 0 Å². The van der Waals surface area contributed by atoms with Crippen LogP contribution in [-0.4, -0.2) is 14.1 Å². The van der Waals surface area contributed by atoms with E-state index in [1.165, 1.54) is 111 Å². The molecule has 334 valence electrons. The Morgan fingerprint density at radius 3 is 2.07 bits per heavy atom. The monoisotopic (exact) mass is 889 g/mol. The van der Waals surface area contributed by atoms with Crippen molar-refractivity contribution in [2.24, 2.45) is 0 Å². The molecule has 3 aliphatic rings. The average molecular weight is 890 g/mol. The third-order valence-corrected chi connectivity index (χ3v) is 13.9. The highest BCUT2D eigenvalue weighted by molar-refractivity contribution is 6.12. The van der Waals surface area contributed by atoms with Crippen LogP contribution in [0.15, 0.2) is 236 Å². The molecular formula is C66H55N3. The van der Waals surface area contributed by atoms with Crippen molar-refractivity contribution in [3.63, 3.8) is 0 Å². The molecule has 0 radical (unpaired) electrons. The number of aryl methyl sites for hydroxylation is 1. The molecule has 9 aromatic rings. The van der Waals surface area contributed by atoms with Crippen LogP contribution in [0, 0.1) is 0 Å². The molecule has 3 aliphatic carbocycles. The number of hydrogen-bond donors (Lipinski definition) is 0. The summed E-state index contributed by atoms with van der Waals surface area (Å²) in [6, 6.07) is 54.0. The minimum atomic E-state index is 0.979. The van der Waals surface area contributed by atoms with E-state index in [9.17, 15) is 0 Å². The van der Waals surface area contributed by atoms with Crippen LogP contribution >= 0.6 is 0 Å². The smallest absolute Gasteiger partial charge is 0.0702 e. The predicted octanol–water partition coefficient (Wildman–Crippen LogP) is 17.5. The molecule has 0 aliphatic heterocycles. The van der Waals surface area contributed by atoms with Crippen LogP contribution in [-0.2, 0) is 12.8 Å². The van der Waals surface area contributed by atoms with Gasteiger partial charge < -0.3 is 9.13 Å². The first-order valence-electron chi connectivity index (χ1n) is 24.2. The van der Waals surface area contributed by atoms with Crippen LogP contribution in [0.2, 0.25) is 0 Å². The molecule has 3 heteroatoms. The van der Waals surface area contributed by atoms with Crippen molar-refractivity contribution in [3.8, 4) is 44.9 Å². The third kappa shape index (κ3) is 8.10. The Kier molecular flexibility index (Phi) is 11.6. The summed E-state index contributed by atoms with van der Waals surface area (Å²) in [7, 11) is 0. The van der Waals surface area contributed by atoms with Gasteiger partial charge in [0.1, 0.15) is 0 Å². The molecule has 0 unspecified atom stereocenters. The van der Waals surface area contributed by atoms with E-state index in [4.69, 9.17) is 0 Å². The van der Waals surface area contributed by atoms with E-state index in [0.29, 0.717) is 0 Å². The Labute approximate surface area is 406 Å². The summed E-state index contributed by atoms with van der Waals surface area (Å²) in [6.07, 6.45) is 25.4. The Balaban J connectivity index is 0.000000424. The van der Waals surface area contributed by atoms with Gasteiger partial charge in [0, 0.05) is 45.0 Å². The lowest BCUT2D eigenvalue weighted by Crippen LogP contribution is -2.00. The SMILES string of the molecule is C1=CCC2=C(C=C1)c1cc(-n3c4ccc(-c5cccc(-c6ccccn6)c5)cc4c4cc(-c5cccc(-n6c7c(c8ccccc86)CCC=C7)c5)ccc43)ccc1C2.C=C/C=C\C(C(=C)C)=C(C)C. The second-order valence-electron chi connectivity index (χ2n) is 18.6. The van der Waals surface area contributed by atoms with Gasteiger partial charge in [-0.3, -0.25) is 4.98 Å². The highest BCUT2D eigenvalue weighted by Crippen LogP contribution is 2.42. The number of aromatic nitrogens is 3. The summed E-state index contributed by atoms with van der Waals surface area (Å²) >= 11 is 0. The van der Waals surface area contributed by atoms with Crippen molar-refractivity contribution in [1.82, 2.24) is 14.1 Å². The topological polar surface area (TPSA) is 22.8 Å². The number of pyridine rings is 1. The zero-order valence-corrected chi connectivity index (χ0v) is 39.7. The summed E-state index contributed by atoms with van der Waals surface area (Å²) in [6.45, 7) is 13.7. The Bertz CT molecular complexity index is 3720. The first-order valence-corrected chi connectivity index (χ1v) is 24.2. The fourth-order valence-electron chi connectivity index (χ4n) is 10.7. The molecule has 3 heterocycles. The van der Waals surface area contributed by atoms with Gasteiger partial charge in [-0.05, 0) is 175 Å². The van der Waals surface area contributed by atoms with Crippen LogP contribution in [0.3, 0.4) is 0 Å². The summed E-state index contributed by atoms with van der Waals surface area (Å²) < 4.78 is 4.93. The van der Waals surface area contributed by atoms with Gasteiger partial charge in [-0.25, -0.2) is 0 Å². The maximum atomic E-state index is 4.64. The molecule has 6 aromatic carbocycles. The normalized spacial score (nSPS) is 13.6. The minimum absolute atomic E-state index is 0.979. The van der Waals surface area contributed by atoms with Crippen LogP contribution in [0.5, 0.6) is 0 Å². The van der Waals surface area contributed by atoms with E-state index < -0.39 is 0 Å². The Morgan fingerprint density at radius 1 is 0.609 bits per heavy atom. The van der Waals surface area contributed by atoms with Crippen LogP contribution in [0.4, 0.5) is 0 Å². The lowest BCUT2D eigenvalue weighted by molar-refractivity contribution is 0.968. The maximum Gasteiger partial charge on any atom is 0.0702 e. The van der Waals surface area contributed by atoms with E-state index in [1.54, 1.807) is 6.08 Å². The van der Waals surface area contributed by atoms with Crippen molar-refractivity contribution in [3.05, 3.63) is 258 Å². The molecule has 12 rings (SSSR count). The number of para-hydroxylation sites is 1. The van der Waals surface area contributed by atoms with Gasteiger partial charge in [-0.1, -0.05) is 151 Å². The molecule has 0 saturated carbocycles. The second-order valence-corrected chi connectivity index (χ2v) is 18.6. The van der Waals surface area contributed by atoms with Crippen LogP contribution in [0.1, 0.15) is 56.0 Å². The highest BCUT2D eigenvalue weighted by atomic mass is 15.0. The largest absolute Gasteiger partial charge is 0.310 e. The van der Waals surface area contributed by atoms with Gasteiger partial charge in [0.05, 0.1) is 22.2 Å². The molecule has 0 bridgehead atoms. The van der Waals surface area contributed by atoms with E-state index >= 15 is 0 Å². The Hall–Kier alpha value is -8.27. The third-order valence-electron chi connectivity index (χ3n) is 13.9. The minimum Gasteiger partial charge on any atom is -0.310 e. The molecule has 0 atom stereocenters. The molecule has 0 saturated heterocycles. The lowest BCUT2D eigenvalue weighted by atomic mass is 9.98. The lowest BCUT2D eigenvalue weighted by Gasteiger charge is -2.14. The molecule has 3 aromatic heterocycles. The van der Waals surface area contributed by atoms with E-state index in [0.717, 1.165) is 42.5 Å². The quantitative estimate of drug-likeness (QED) is 0.139. The molecule has 0 spiro atoms. The zero-order chi connectivity index (χ0) is 47.0. The predicted molar refractivity (Wildman–Crippen MR) is 295 cm³/mol. The fourth-order valence-corrected chi connectivity index (χ4v) is 10.7. The number of nitrogens with zero attached hydrogens (tertiary/aromatic N) is 3. The number of allylic oxidation sites excluding steroid dienone is 13. The number of hydrogen-bond acceptors (Lipinski definition) is 1. The molecule has 0 fully saturated rings. The number of benzene rings is 6. The fraction of sp³-hybridized carbons (Fsp3) is 0.106. The highest BCUT2D eigenvalue weighted by Gasteiger charge is 2.23. The first-order chi connectivity index (χ1) is 33.8. The van der Waals surface area contributed by atoms with Gasteiger partial charge in [0.15, 0.2) is 0 Å². The summed E-state index contributed by atoms with van der Waals surface area (Å²) in [5.41, 5.74) is 24.9. The van der Waals surface area contributed by atoms with Crippen molar-refractivity contribution < 1.29 is 0 Å². The van der Waals surface area contributed by atoms with Crippen LogP contribution in [0.25, 0.3) is 89.2 Å². The van der Waals surface area contributed by atoms with Crippen molar-refractivity contribution in [1.29, 1.82) is 0 Å². The number of fused-ring (bicyclic) bond motifs is 8. The van der Waals surface area contributed by atoms with E-state index in [2.05, 4.69) is 211 Å². The molecule has 0 amide bonds. The second kappa shape index (κ2) is 18.4. The van der Waals surface area contributed by atoms with Crippen molar-refractivity contribution in [2.45, 2.75) is 46.5 Å². The van der Waals surface area contributed by atoms with Crippen LogP contribution < -0.4 is 0 Å². The van der Waals surface area contributed by atoms with E-state index in [1.807, 2.05) is 37.4 Å². The standard InChI is InChI=1S/C55H39N3.C11H16/c1-2-12-40-31-41-23-26-44(35-48(41)45(40)17-3-1)58-54-27-24-38(36-13-10-15-42(30-36)51-20-8-9-29-56-51)33-49(54)50-34-39(25-28-55(50)58)37-14-11-16-43(32-37)57-52-21-6-4-18-46(52)47-19-5-7-22-53(47)57;1-6-7-8-11(9(2)3)10(4)5/h1-4,6-11,13-18,20-30,32-35H,5,12,19,31H2;6-8H,1-2H2,3-5H3/b;8-7-. The van der Waals surface area contributed by atoms with Gasteiger partial charge in [0.25, 0.3) is 0 Å². The molecule has 3 nitrogen and oxygen atoms in total. The summed E-state index contributed by atoms with van der Waals surface area (Å²) in [5.74, 6) is 0. The molecule has 69 heavy (non-hydrogen) atoms. The summed E-state index contributed by atoms with van der Waals surface area (Å²) in [4.78, 5) is 4.64. The maximum absolute atomic E-state index is 4.64. The molecular weight excluding hydrogens is 835 g/mol. The number of rotatable bonds is 8. The average Bonchev–Trinajstić information content (AvgIpc) is 3.96. The van der Waals surface area contributed by atoms with Gasteiger partial charge in [-0.2, -0.15) is 0 Å². The first kappa shape index (κ1) is 43.3. The Morgan fingerprint density at radius 2 is 1.32 bits per heavy atom. The van der Waals surface area contributed by atoms with Crippen molar-refractivity contribution >= 4 is 44.4 Å². The summed E-state index contributed by atoms with van der Waals surface area (Å²) in [5, 5.41) is 3.84. The van der Waals surface area contributed by atoms with E-state index in [-0.39, 0.29) is 0 Å². The van der Waals surface area contributed by atoms with Crippen molar-refractivity contribution in [2.75, 3.05) is 0 Å².